The molecule has 4 heteroatoms. The molecule has 0 bridgehead atoms. The van der Waals surface area contributed by atoms with Gasteiger partial charge in [-0.1, -0.05) is 0 Å². The monoisotopic (exact) mass is 169 g/mol. The van der Waals surface area contributed by atoms with Gasteiger partial charge in [0.2, 0.25) is 0 Å². The van der Waals surface area contributed by atoms with Crippen molar-refractivity contribution in [3.8, 4) is 0 Å². The van der Waals surface area contributed by atoms with Crippen molar-refractivity contribution >= 4 is 11.9 Å². The van der Waals surface area contributed by atoms with Gasteiger partial charge < -0.3 is 9.64 Å². The highest BCUT2D eigenvalue weighted by Crippen LogP contribution is 2.35. The Morgan fingerprint density at radius 2 is 2.08 bits per heavy atom. The largest absolute Gasteiger partial charge is 0.393 e. The van der Waals surface area contributed by atoms with E-state index in [0.717, 1.165) is 0 Å². The van der Waals surface area contributed by atoms with Crippen molar-refractivity contribution in [2.24, 2.45) is 11.8 Å². The number of hydrogen-bond acceptors (Lipinski definition) is 4. The maximum absolute atomic E-state index is 11.2. The second-order valence-corrected chi connectivity index (χ2v) is 3.55. The first-order chi connectivity index (χ1) is 5.61. The predicted molar refractivity (Wildman–Crippen MR) is 40.2 cm³/mol. The highest BCUT2D eigenvalue weighted by molar-refractivity contribution is 5.97. The summed E-state index contributed by atoms with van der Waals surface area (Å²) in [5.41, 5.74) is 0. The molecule has 66 valence electrons. The Balaban J connectivity index is 2.29. The lowest BCUT2D eigenvalue weighted by molar-refractivity contribution is -0.154. The summed E-state index contributed by atoms with van der Waals surface area (Å²) in [6, 6.07) is 0.133. The van der Waals surface area contributed by atoms with Crippen LogP contribution in [0.1, 0.15) is 6.92 Å². The second-order valence-electron chi connectivity index (χ2n) is 3.55. The van der Waals surface area contributed by atoms with Crippen LogP contribution in [0, 0.1) is 11.8 Å². The summed E-state index contributed by atoms with van der Waals surface area (Å²) in [6.45, 7) is 2.60. The molecule has 0 aromatic rings. The highest BCUT2D eigenvalue weighted by Gasteiger charge is 2.53. The first-order valence-corrected chi connectivity index (χ1v) is 4.07. The molecule has 3 unspecified atom stereocenters. The van der Waals surface area contributed by atoms with Crippen LogP contribution in [0.3, 0.4) is 0 Å². The molecule has 0 N–H and O–H groups in total. The van der Waals surface area contributed by atoms with Gasteiger partial charge in [-0.05, 0) is 14.0 Å². The third-order valence-corrected chi connectivity index (χ3v) is 2.91. The minimum Gasteiger partial charge on any atom is -0.393 e. The summed E-state index contributed by atoms with van der Waals surface area (Å²) >= 11 is 0. The van der Waals surface area contributed by atoms with E-state index in [4.69, 9.17) is 0 Å². The van der Waals surface area contributed by atoms with Gasteiger partial charge in [0.05, 0.1) is 11.8 Å². The van der Waals surface area contributed by atoms with Gasteiger partial charge in [0.25, 0.3) is 0 Å². The lowest BCUT2D eigenvalue weighted by Gasteiger charge is -2.16. The van der Waals surface area contributed by atoms with E-state index in [9.17, 15) is 9.59 Å². The molecular formula is C8H11NO3. The number of fused-ring (bicyclic) bond motifs is 1. The Labute approximate surface area is 70.5 Å². The molecule has 2 saturated heterocycles. The summed E-state index contributed by atoms with van der Waals surface area (Å²) in [5.74, 6) is -1.12. The quantitative estimate of drug-likeness (QED) is 0.367. The van der Waals surface area contributed by atoms with Crippen molar-refractivity contribution in [1.82, 2.24) is 4.90 Å². The number of carbonyl (C=O) groups excluding carboxylic acids is 2. The van der Waals surface area contributed by atoms with E-state index in [0.29, 0.717) is 6.54 Å². The fourth-order valence-electron chi connectivity index (χ4n) is 2.03. The third-order valence-electron chi connectivity index (χ3n) is 2.91. The van der Waals surface area contributed by atoms with Crippen LogP contribution in [-0.2, 0) is 14.3 Å². The molecule has 0 spiro atoms. The van der Waals surface area contributed by atoms with Gasteiger partial charge in [-0.15, -0.1) is 0 Å². The average molecular weight is 169 g/mol. The maximum Gasteiger partial charge on any atom is 0.319 e. The van der Waals surface area contributed by atoms with Crippen LogP contribution in [0.5, 0.6) is 0 Å². The zero-order valence-electron chi connectivity index (χ0n) is 7.11. The van der Waals surface area contributed by atoms with Crippen molar-refractivity contribution in [3.05, 3.63) is 0 Å². The van der Waals surface area contributed by atoms with Crippen LogP contribution < -0.4 is 0 Å². The van der Waals surface area contributed by atoms with Gasteiger partial charge in [-0.3, -0.25) is 9.59 Å². The summed E-state index contributed by atoms with van der Waals surface area (Å²) in [4.78, 5) is 24.3. The normalized spacial score (nSPS) is 41.7. The van der Waals surface area contributed by atoms with Gasteiger partial charge >= 0.3 is 11.9 Å². The smallest absolute Gasteiger partial charge is 0.319 e. The maximum atomic E-state index is 11.2. The number of cyclic esters (lactones) is 2. The molecule has 0 aliphatic carbocycles. The minimum atomic E-state index is -0.346. The molecule has 2 heterocycles. The van der Waals surface area contributed by atoms with Crippen molar-refractivity contribution in [2.45, 2.75) is 13.0 Å². The molecule has 3 atom stereocenters. The zero-order chi connectivity index (χ0) is 8.88. The number of likely N-dealkylation sites (tertiary alicyclic amines) is 1. The number of ether oxygens (including phenoxy) is 1. The Bertz CT molecular complexity index is 251. The van der Waals surface area contributed by atoms with Crippen LogP contribution in [0.2, 0.25) is 0 Å². The van der Waals surface area contributed by atoms with Crippen molar-refractivity contribution in [2.75, 3.05) is 13.6 Å². The van der Waals surface area contributed by atoms with E-state index >= 15 is 0 Å². The molecule has 0 amide bonds. The van der Waals surface area contributed by atoms with Crippen molar-refractivity contribution < 1.29 is 14.3 Å². The van der Waals surface area contributed by atoms with Crippen LogP contribution in [0.4, 0.5) is 0 Å². The Morgan fingerprint density at radius 1 is 1.42 bits per heavy atom. The van der Waals surface area contributed by atoms with Crippen LogP contribution in [0.15, 0.2) is 0 Å². The lowest BCUT2D eigenvalue weighted by Crippen LogP contribution is -2.29. The van der Waals surface area contributed by atoms with Gasteiger partial charge in [0.15, 0.2) is 0 Å². The first kappa shape index (κ1) is 7.73. The highest BCUT2D eigenvalue weighted by atomic mass is 16.6. The molecule has 0 aromatic carbocycles. The van der Waals surface area contributed by atoms with Gasteiger partial charge in [-0.25, -0.2) is 0 Å². The SMILES string of the molecule is CC1C2C(=O)OC(=O)C2CN1C. The van der Waals surface area contributed by atoms with Crippen LogP contribution in [-0.4, -0.2) is 36.5 Å². The molecule has 2 aliphatic rings. The van der Waals surface area contributed by atoms with Gasteiger partial charge in [0, 0.05) is 12.6 Å². The Hall–Kier alpha value is -0.900. The van der Waals surface area contributed by atoms with Crippen LogP contribution in [0.25, 0.3) is 0 Å². The zero-order valence-corrected chi connectivity index (χ0v) is 7.11. The molecule has 0 aromatic heterocycles. The molecule has 4 nitrogen and oxygen atoms in total. The van der Waals surface area contributed by atoms with Crippen molar-refractivity contribution in [1.29, 1.82) is 0 Å². The molecular weight excluding hydrogens is 158 g/mol. The van der Waals surface area contributed by atoms with E-state index in [-0.39, 0.29) is 29.8 Å². The number of hydrogen-bond donors (Lipinski definition) is 0. The number of esters is 2. The average Bonchev–Trinajstić information content (AvgIpc) is 2.41. The fraction of sp³-hybridized carbons (Fsp3) is 0.750. The lowest BCUT2D eigenvalue weighted by atomic mass is 9.94. The molecule has 2 aliphatic heterocycles. The predicted octanol–water partition coefficient (Wildman–Crippen LogP) is -0.364. The van der Waals surface area contributed by atoms with Crippen LogP contribution >= 0.6 is 0 Å². The minimum absolute atomic E-state index is 0.133. The third kappa shape index (κ3) is 0.813. The Morgan fingerprint density at radius 3 is 2.67 bits per heavy atom. The summed E-state index contributed by atoms with van der Waals surface area (Å²) in [6.07, 6.45) is 0. The van der Waals surface area contributed by atoms with Crippen molar-refractivity contribution in [3.63, 3.8) is 0 Å². The first-order valence-electron chi connectivity index (χ1n) is 4.07. The van der Waals surface area contributed by atoms with Gasteiger partial charge in [0.1, 0.15) is 0 Å². The van der Waals surface area contributed by atoms with E-state index < -0.39 is 0 Å². The standard InChI is InChI=1S/C8H11NO3/c1-4-6-5(3-9(4)2)7(10)12-8(6)11/h4-6H,3H2,1-2H3. The molecule has 12 heavy (non-hydrogen) atoms. The summed E-state index contributed by atoms with van der Waals surface area (Å²) < 4.78 is 4.54. The molecule has 2 fully saturated rings. The van der Waals surface area contributed by atoms with E-state index in [1.165, 1.54) is 0 Å². The molecule has 0 saturated carbocycles. The molecule has 0 radical (unpaired) electrons. The van der Waals surface area contributed by atoms with Gasteiger partial charge in [-0.2, -0.15) is 0 Å². The summed E-state index contributed by atoms with van der Waals surface area (Å²) in [5, 5.41) is 0. The molecule has 2 rings (SSSR count). The second kappa shape index (κ2) is 2.29. The van der Waals surface area contributed by atoms with E-state index in [1.807, 2.05) is 18.9 Å². The van der Waals surface area contributed by atoms with E-state index in [2.05, 4.69) is 4.74 Å². The summed E-state index contributed by atoms with van der Waals surface area (Å²) in [7, 11) is 1.92. The number of nitrogens with zero attached hydrogens (tertiary/aromatic N) is 1. The fourth-order valence-corrected chi connectivity index (χ4v) is 2.03. The number of carbonyl (C=O) groups is 2. The Kier molecular flexibility index (Phi) is 1.48. The van der Waals surface area contributed by atoms with E-state index in [1.54, 1.807) is 0 Å². The topological polar surface area (TPSA) is 46.6 Å². The number of rotatable bonds is 0.